The third-order valence-corrected chi connectivity index (χ3v) is 8.38. The van der Waals surface area contributed by atoms with Crippen molar-refractivity contribution in [3.8, 4) is 11.3 Å². The fraction of sp³-hybridized carbons (Fsp3) is 0.333. The summed E-state index contributed by atoms with van der Waals surface area (Å²) in [5.74, 6) is -1.50. The van der Waals surface area contributed by atoms with Crippen LogP contribution in [-0.2, 0) is 19.1 Å². The second-order valence-corrected chi connectivity index (χ2v) is 10.5. The van der Waals surface area contributed by atoms with E-state index < -0.39 is 12.1 Å². The van der Waals surface area contributed by atoms with Crippen LogP contribution in [0.1, 0.15) is 29.6 Å². The number of hydrogen-bond acceptors (Lipinski definition) is 7. The minimum absolute atomic E-state index is 0.101. The highest BCUT2D eigenvalue weighted by Gasteiger charge is 2.42. The second kappa shape index (κ2) is 11.1. The Hall–Kier alpha value is -2.91. The van der Waals surface area contributed by atoms with Gasteiger partial charge in [-0.3, -0.25) is 14.9 Å². The van der Waals surface area contributed by atoms with Gasteiger partial charge in [0.2, 0.25) is 5.91 Å². The van der Waals surface area contributed by atoms with E-state index in [1.54, 1.807) is 36.4 Å². The Morgan fingerprint density at radius 3 is 2.66 bits per heavy atom. The van der Waals surface area contributed by atoms with Gasteiger partial charge in [-0.1, -0.05) is 53.0 Å². The summed E-state index contributed by atoms with van der Waals surface area (Å²) in [6, 6.07) is 11.9. The molecule has 0 radical (unpaired) electrons. The van der Waals surface area contributed by atoms with Gasteiger partial charge in [0.1, 0.15) is 12.8 Å². The van der Waals surface area contributed by atoms with Gasteiger partial charge in [-0.05, 0) is 43.5 Å². The van der Waals surface area contributed by atoms with E-state index in [9.17, 15) is 14.4 Å². The molecule has 4 atom stereocenters. The quantitative estimate of drug-likeness (QED) is 0.324. The van der Waals surface area contributed by atoms with Gasteiger partial charge in [0.25, 0.3) is 0 Å². The Labute approximate surface area is 233 Å². The zero-order chi connectivity index (χ0) is 27.0. The van der Waals surface area contributed by atoms with Gasteiger partial charge in [-0.2, -0.15) is 0 Å². The first-order chi connectivity index (χ1) is 18.3. The van der Waals surface area contributed by atoms with Crippen LogP contribution >= 0.6 is 34.8 Å². The fourth-order valence-electron chi connectivity index (χ4n) is 5.16. The minimum Gasteiger partial charge on any atom is -0.469 e. The standard InChI is InChI=1S/C27H24Cl3N3O5/c1-37-26(35)13-6-7-16-20(10-13)32-22(33-25(16)34)12-38-27(36)17-11-21(31-19-5-3-2-4-14(17)19)15-8-9-18(28)24(30)23(15)29/h2-5,8-9,11,13,16,20,22,32H,6-7,10,12H2,1H3,(H,33,34). The third kappa shape index (κ3) is 5.18. The highest BCUT2D eigenvalue weighted by Crippen LogP contribution is 2.38. The van der Waals surface area contributed by atoms with Crippen LogP contribution in [0.15, 0.2) is 42.5 Å². The number of rotatable bonds is 5. The molecular formula is C27H24Cl3N3O5. The summed E-state index contributed by atoms with van der Waals surface area (Å²) >= 11 is 18.8. The van der Waals surface area contributed by atoms with Crippen LogP contribution in [0.4, 0.5) is 0 Å². The van der Waals surface area contributed by atoms with Gasteiger partial charge in [0.15, 0.2) is 0 Å². The van der Waals surface area contributed by atoms with Crippen LogP contribution < -0.4 is 10.6 Å². The van der Waals surface area contributed by atoms with Crippen LogP contribution in [-0.4, -0.2) is 48.8 Å². The smallest absolute Gasteiger partial charge is 0.339 e. The number of aromatic nitrogens is 1. The van der Waals surface area contributed by atoms with E-state index in [0.29, 0.717) is 46.4 Å². The number of para-hydroxylation sites is 1. The fourth-order valence-corrected chi connectivity index (χ4v) is 5.79. The molecule has 2 aliphatic rings. The van der Waals surface area contributed by atoms with Crippen LogP contribution in [0.2, 0.25) is 15.1 Å². The molecule has 3 aromatic rings. The van der Waals surface area contributed by atoms with Crippen LogP contribution in [0, 0.1) is 11.8 Å². The Bertz CT molecular complexity index is 1430. The maximum Gasteiger partial charge on any atom is 0.339 e. The summed E-state index contributed by atoms with van der Waals surface area (Å²) in [4.78, 5) is 42.7. The molecule has 1 aliphatic heterocycles. The zero-order valence-electron chi connectivity index (χ0n) is 20.3. The molecule has 1 saturated carbocycles. The van der Waals surface area contributed by atoms with E-state index in [4.69, 9.17) is 44.3 Å². The molecule has 1 amide bonds. The number of amides is 1. The summed E-state index contributed by atoms with van der Waals surface area (Å²) in [5.41, 5.74) is 1.81. The number of ether oxygens (including phenoxy) is 2. The first kappa shape index (κ1) is 26.7. The van der Waals surface area contributed by atoms with E-state index in [0.717, 1.165) is 0 Å². The van der Waals surface area contributed by atoms with Crippen molar-refractivity contribution in [3.63, 3.8) is 0 Å². The number of nitrogens with zero attached hydrogens (tertiary/aromatic N) is 1. The van der Waals surface area contributed by atoms with Crippen molar-refractivity contribution >= 4 is 63.6 Å². The highest BCUT2D eigenvalue weighted by atomic mass is 35.5. The molecule has 0 spiro atoms. The minimum atomic E-state index is -0.596. The molecule has 2 aromatic carbocycles. The predicted octanol–water partition coefficient (Wildman–Crippen LogP) is 5.02. The van der Waals surface area contributed by atoms with Crippen LogP contribution in [0.25, 0.3) is 22.2 Å². The zero-order valence-corrected chi connectivity index (χ0v) is 22.6. The molecule has 1 aliphatic carbocycles. The largest absolute Gasteiger partial charge is 0.469 e. The number of hydrogen-bond donors (Lipinski definition) is 2. The van der Waals surface area contributed by atoms with Crippen molar-refractivity contribution < 1.29 is 23.9 Å². The normalized spacial score (nSPS) is 22.9. The Balaban J connectivity index is 1.36. The molecule has 5 rings (SSSR count). The number of benzene rings is 2. The van der Waals surface area contributed by atoms with Crippen LogP contribution in [0.3, 0.4) is 0 Å². The Morgan fingerprint density at radius 1 is 1.08 bits per heavy atom. The second-order valence-electron chi connectivity index (χ2n) is 9.37. The Morgan fingerprint density at radius 2 is 1.87 bits per heavy atom. The lowest BCUT2D eigenvalue weighted by molar-refractivity contribution is -0.149. The number of halogens is 3. The summed E-state index contributed by atoms with van der Waals surface area (Å²) in [6.07, 6.45) is 1.07. The number of carbonyl (C=O) groups is 3. The number of nitrogens with one attached hydrogen (secondary N) is 2. The summed E-state index contributed by atoms with van der Waals surface area (Å²) in [6.45, 7) is -0.101. The molecule has 0 bridgehead atoms. The van der Waals surface area contributed by atoms with Gasteiger partial charge in [0, 0.05) is 17.0 Å². The van der Waals surface area contributed by atoms with E-state index >= 15 is 0 Å². The van der Waals surface area contributed by atoms with Crippen molar-refractivity contribution in [2.45, 2.75) is 31.5 Å². The molecule has 198 valence electrons. The van der Waals surface area contributed by atoms with Crippen molar-refractivity contribution in [3.05, 3.63) is 63.1 Å². The molecule has 2 N–H and O–H groups in total. The molecule has 8 nitrogen and oxygen atoms in total. The average molecular weight is 577 g/mol. The highest BCUT2D eigenvalue weighted by molar-refractivity contribution is 6.49. The lowest BCUT2D eigenvalue weighted by Gasteiger charge is -2.41. The molecule has 38 heavy (non-hydrogen) atoms. The molecular weight excluding hydrogens is 553 g/mol. The molecule has 2 heterocycles. The molecule has 1 aromatic heterocycles. The number of esters is 2. The lowest BCUT2D eigenvalue weighted by atomic mass is 9.76. The summed E-state index contributed by atoms with van der Waals surface area (Å²) in [7, 11) is 1.36. The predicted molar refractivity (Wildman–Crippen MR) is 144 cm³/mol. The third-order valence-electron chi connectivity index (χ3n) is 7.08. The van der Waals surface area contributed by atoms with Gasteiger partial charge < -0.3 is 14.8 Å². The number of pyridine rings is 1. The monoisotopic (exact) mass is 575 g/mol. The topological polar surface area (TPSA) is 107 Å². The van der Waals surface area contributed by atoms with E-state index in [2.05, 4.69) is 15.6 Å². The van der Waals surface area contributed by atoms with E-state index in [1.165, 1.54) is 7.11 Å². The molecule has 1 saturated heterocycles. The SMILES string of the molecule is COC(=O)C1CCC2C(=O)NC(COC(=O)c3cc(-c4ccc(Cl)c(Cl)c4Cl)nc4ccccc34)NC2C1. The summed E-state index contributed by atoms with van der Waals surface area (Å²) < 4.78 is 10.5. The number of carbonyl (C=O) groups excluding carboxylic acids is 3. The number of fused-ring (bicyclic) bond motifs is 2. The van der Waals surface area contributed by atoms with Gasteiger partial charge >= 0.3 is 11.9 Å². The van der Waals surface area contributed by atoms with Gasteiger partial charge in [-0.15, -0.1) is 0 Å². The van der Waals surface area contributed by atoms with Crippen molar-refractivity contribution in [2.75, 3.05) is 13.7 Å². The van der Waals surface area contributed by atoms with Crippen molar-refractivity contribution in [2.24, 2.45) is 11.8 Å². The van der Waals surface area contributed by atoms with Crippen molar-refractivity contribution in [1.29, 1.82) is 0 Å². The van der Waals surface area contributed by atoms with Gasteiger partial charge in [-0.25, -0.2) is 9.78 Å². The van der Waals surface area contributed by atoms with Crippen molar-refractivity contribution in [1.82, 2.24) is 15.6 Å². The summed E-state index contributed by atoms with van der Waals surface area (Å²) in [5, 5.41) is 7.52. The maximum absolute atomic E-state index is 13.3. The molecule has 2 fully saturated rings. The Kier molecular flexibility index (Phi) is 7.77. The van der Waals surface area contributed by atoms with Gasteiger partial charge in [0.05, 0.1) is 50.8 Å². The van der Waals surface area contributed by atoms with E-state index in [1.807, 2.05) is 6.07 Å². The maximum atomic E-state index is 13.3. The molecule has 4 unspecified atom stereocenters. The lowest BCUT2D eigenvalue weighted by Crippen LogP contribution is -2.64. The van der Waals surface area contributed by atoms with E-state index in [-0.39, 0.29) is 52.0 Å². The molecule has 11 heteroatoms. The number of methoxy groups -OCH3 is 1. The first-order valence-electron chi connectivity index (χ1n) is 12.1. The van der Waals surface area contributed by atoms with Crippen LogP contribution in [0.5, 0.6) is 0 Å². The first-order valence-corrected chi connectivity index (χ1v) is 13.2. The average Bonchev–Trinajstić information content (AvgIpc) is 2.93.